The zero-order chi connectivity index (χ0) is 11.5. The summed E-state index contributed by atoms with van der Waals surface area (Å²) in [6.45, 7) is 1.87. The number of carbonyl (C=O) groups is 1. The lowest BCUT2D eigenvalue weighted by Crippen LogP contribution is -2.06. The number of aryl methyl sites for hydroxylation is 1. The van der Waals surface area contributed by atoms with E-state index < -0.39 is 5.82 Å². The second kappa shape index (κ2) is 4.49. The summed E-state index contributed by atoms with van der Waals surface area (Å²) in [5, 5.41) is 2.71. The highest BCUT2D eigenvalue weighted by atomic mass is 32.1. The van der Waals surface area contributed by atoms with Gasteiger partial charge in [0.05, 0.1) is 28.9 Å². The Morgan fingerprint density at radius 2 is 2.38 bits per heavy atom. The van der Waals surface area contributed by atoms with Crippen LogP contribution in [0, 0.1) is 12.7 Å². The van der Waals surface area contributed by atoms with Crippen LogP contribution in [0.4, 0.5) is 4.39 Å². The first-order valence-electron chi connectivity index (χ1n) is 4.70. The first kappa shape index (κ1) is 10.9. The highest BCUT2D eigenvalue weighted by Crippen LogP contribution is 2.12. The molecule has 2 rings (SSSR count). The van der Waals surface area contributed by atoms with E-state index in [0.29, 0.717) is 5.69 Å². The zero-order valence-electron chi connectivity index (χ0n) is 8.61. The van der Waals surface area contributed by atoms with Crippen LogP contribution in [0.25, 0.3) is 0 Å². The lowest BCUT2D eigenvalue weighted by atomic mass is 10.1. The number of aromatic nitrogens is 2. The van der Waals surface area contributed by atoms with Gasteiger partial charge in [-0.05, 0) is 13.0 Å². The highest BCUT2D eigenvalue weighted by molar-refractivity contribution is 7.09. The maximum absolute atomic E-state index is 13.2. The Morgan fingerprint density at radius 3 is 3.00 bits per heavy atom. The Kier molecular flexibility index (Phi) is 3.05. The minimum Gasteiger partial charge on any atom is -0.294 e. The second-order valence-electron chi connectivity index (χ2n) is 3.31. The first-order valence-corrected chi connectivity index (χ1v) is 5.58. The Bertz CT molecular complexity index is 524. The predicted octanol–water partition coefficient (Wildman–Crippen LogP) is 2.41. The first-order chi connectivity index (χ1) is 7.66. The lowest BCUT2D eigenvalue weighted by Gasteiger charge is -1.99. The van der Waals surface area contributed by atoms with Gasteiger partial charge in [-0.15, -0.1) is 11.3 Å². The number of thiazole rings is 1. The van der Waals surface area contributed by atoms with Gasteiger partial charge in [-0.3, -0.25) is 9.78 Å². The minimum atomic E-state index is -0.584. The second-order valence-corrected chi connectivity index (χ2v) is 4.38. The van der Waals surface area contributed by atoms with Crippen molar-refractivity contribution in [2.24, 2.45) is 0 Å². The van der Waals surface area contributed by atoms with Gasteiger partial charge >= 0.3 is 0 Å². The van der Waals surface area contributed by atoms with E-state index >= 15 is 0 Å². The molecule has 0 saturated carbocycles. The quantitative estimate of drug-likeness (QED) is 0.768. The Labute approximate surface area is 96.0 Å². The van der Waals surface area contributed by atoms with Crippen molar-refractivity contribution >= 4 is 17.1 Å². The van der Waals surface area contributed by atoms with Gasteiger partial charge in [0.25, 0.3) is 0 Å². The Hall–Kier alpha value is -1.62. The molecule has 0 spiro atoms. The number of nitrogens with zero attached hydrogens (tertiary/aromatic N) is 2. The van der Waals surface area contributed by atoms with Crippen LogP contribution in [0.5, 0.6) is 0 Å². The molecule has 0 N–H and O–H groups in total. The van der Waals surface area contributed by atoms with Gasteiger partial charge in [0, 0.05) is 11.6 Å². The number of halogens is 1. The molecular weight excluding hydrogens is 227 g/mol. The number of carbonyl (C=O) groups excluding carboxylic acids is 1. The third-order valence-corrected chi connectivity index (χ3v) is 2.90. The summed E-state index contributed by atoms with van der Waals surface area (Å²) in [5.41, 5.74) is 0.754. The van der Waals surface area contributed by atoms with Gasteiger partial charge in [-0.25, -0.2) is 9.37 Å². The molecule has 0 aromatic carbocycles. The number of ketones is 1. The summed E-state index contributed by atoms with van der Waals surface area (Å²) in [6.07, 6.45) is 2.58. The Balaban J connectivity index is 2.18. The van der Waals surface area contributed by atoms with E-state index in [4.69, 9.17) is 0 Å². The molecule has 0 unspecified atom stereocenters. The summed E-state index contributed by atoms with van der Waals surface area (Å²) in [4.78, 5) is 19.5. The third kappa shape index (κ3) is 2.30. The molecule has 5 heteroatoms. The minimum absolute atomic E-state index is 0.0700. The standard InChI is InChI=1S/C11H9FN2OS/c1-7-14-8(6-16-7)4-11(15)9-2-3-13-5-10(9)12/h2-3,5-6H,4H2,1H3. The Morgan fingerprint density at radius 1 is 1.56 bits per heavy atom. The summed E-state index contributed by atoms with van der Waals surface area (Å²) < 4.78 is 13.2. The molecular formula is C11H9FN2OS. The molecule has 0 aliphatic rings. The van der Waals surface area contributed by atoms with Gasteiger partial charge in [-0.2, -0.15) is 0 Å². The highest BCUT2D eigenvalue weighted by Gasteiger charge is 2.13. The van der Waals surface area contributed by atoms with Gasteiger partial charge in [-0.1, -0.05) is 0 Å². The average molecular weight is 236 g/mol. The normalized spacial score (nSPS) is 10.4. The molecule has 16 heavy (non-hydrogen) atoms. The number of rotatable bonds is 3. The van der Waals surface area contributed by atoms with Crippen molar-refractivity contribution in [3.8, 4) is 0 Å². The monoisotopic (exact) mass is 236 g/mol. The molecule has 0 fully saturated rings. The van der Waals surface area contributed by atoms with Crippen LogP contribution in [-0.4, -0.2) is 15.8 Å². The van der Waals surface area contributed by atoms with E-state index in [9.17, 15) is 9.18 Å². The fraction of sp³-hybridized carbons (Fsp3) is 0.182. The van der Waals surface area contributed by atoms with Crippen LogP contribution in [-0.2, 0) is 6.42 Å². The molecule has 2 heterocycles. The molecule has 0 atom stereocenters. The van der Waals surface area contributed by atoms with Gasteiger partial charge < -0.3 is 0 Å². The molecule has 2 aromatic rings. The topological polar surface area (TPSA) is 42.9 Å². The van der Waals surface area contributed by atoms with E-state index in [0.717, 1.165) is 11.2 Å². The number of hydrogen-bond acceptors (Lipinski definition) is 4. The SMILES string of the molecule is Cc1nc(CC(=O)c2ccncc2F)cs1. The van der Waals surface area contributed by atoms with Crippen LogP contribution < -0.4 is 0 Å². The molecule has 0 aliphatic heterocycles. The third-order valence-electron chi connectivity index (χ3n) is 2.08. The predicted molar refractivity (Wildman–Crippen MR) is 59.1 cm³/mol. The molecule has 2 aromatic heterocycles. The zero-order valence-corrected chi connectivity index (χ0v) is 9.42. The van der Waals surface area contributed by atoms with E-state index in [1.165, 1.54) is 23.6 Å². The number of hydrogen-bond donors (Lipinski definition) is 0. The fourth-order valence-electron chi connectivity index (χ4n) is 1.35. The molecule has 0 bridgehead atoms. The molecule has 82 valence electrons. The smallest absolute Gasteiger partial charge is 0.171 e. The van der Waals surface area contributed by atoms with Crippen molar-refractivity contribution in [1.29, 1.82) is 0 Å². The molecule has 0 aliphatic carbocycles. The van der Waals surface area contributed by atoms with Crippen molar-refractivity contribution in [2.45, 2.75) is 13.3 Å². The van der Waals surface area contributed by atoms with Crippen LogP contribution in [0.1, 0.15) is 21.1 Å². The van der Waals surface area contributed by atoms with Gasteiger partial charge in [0.2, 0.25) is 0 Å². The number of Topliss-reactive ketones (excluding diaryl/α,β-unsaturated/α-hetero) is 1. The van der Waals surface area contributed by atoms with Crippen molar-refractivity contribution in [2.75, 3.05) is 0 Å². The fourth-order valence-corrected chi connectivity index (χ4v) is 1.96. The van der Waals surface area contributed by atoms with Crippen molar-refractivity contribution in [3.63, 3.8) is 0 Å². The van der Waals surface area contributed by atoms with Gasteiger partial charge in [0.15, 0.2) is 11.6 Å². The van der Waals surface area contributed by atoms with Crippen LogP contribution >= 0.6 is 11.3 Å². The van der Waals surface area contributed by atoms with E-state index in [-0.39, 0.29) is 17.8 Å². The average Bonchev–Trinajstić information content (AvgIpc) is 2.64. The molecule has 0 radical (unpaired) electrons. The summed E-state index contributed by atoms with van der Waals surface area (Å²) in [6, 6.07) is 1.39. The van der Waals surface area contributed by atoms with E-state index in [2.05, 4.69) is 9.97 Å². The van der Waals surface area contributed by atoms with Gasteiger partial charge in [0.1, 0.15) is 0 Å². The summed E-state index contributed by atoms with van der Waals surface area (Å²) in [5.74, 6) is -0.857. The van der Waals surface area contributed by atoms with Crippen molar-refractivity contribution in [1.82, 2.24) is 9.97 Å². The molecule has 0 amide bonds. The molecule has 0 saturated heterocycles. The molecule has 3 nitrogen and oxygen atoms in total. The maximum atomic E-state index is 13.2. The van der Waals surface area contributed by atoms with E-state index in [1.807, 2.05) is 12.3 Å². The van der Waals surface area contributed by atoms with Crippen molar-refractivity contribution in [3.05, 3.63) is 45.9 Å². The summed E-state index contributed by atoms with van der Waals surface area (Å²) >= 11 is 1.48. The van der Waals surface area contributed by atoms with E-state index in [1.54, 1.807) is 0 Å². The number of pyridine rings is 1. The lowest BCUT2D eigenvalue weighted by molar-refractivity contribution is 0.0988. The van der Waals surface area contributed by atoms with Crippen molar-refractivity contribution < 1.29 is 9.18 Å². The summed E-state index contributed by atoms with van der Waals surface area (Å²) in [7, 11) is 0. The van der Waals surface area contributed by atoms with Crippen LogP contribution in [0.3, 0.4) is 0 Å². The maximum Gasteiger partial charge on any atom is 0.171 e. The van der Waals surface area contributed by atoms with Crippen LogP contribution in [0.15, 0.2) is 23.8 Å². The van der Waals surface area contributed by atoms with Crippen LogP contribution in [0.2, 0.25) is 0 Å². The largest absolute Gasteiger partial charge is 0.294 e.